The van der Waals surface area contributed by atoms with E-state index in [4.69, 9.17) is 9.84 Å². The number of carbonyl (C=O) groups excluding carboxylic acids is 2. The van der Waals surface area contributed by atoms with Gasteiger partial charge in [-0.15, -0.1) is 0 Å². The van der Waals surface area contributed by atoms with Gasteiger partial charge in [-0.2, -0.15) is 0 Å². The number of ether oxygens (including phenoxy) is 1. The smallest absolute Gasteiger partial charge is 0.338 e. The number of hydrogen-bond acceptors (Lipinski definition) is 4. The second-order valence-corrected chi connectivity index (χ2v) is 4.25. The summed E-state index contributed by atoms with van der Waals surface area (Å²) in [6.45, 7) is 2.48. The molecule has 0 aliphatic carbocycles. The highest BCUT2D eigenvalue weighted by Crippen LogP contribution is 2.20. The van der Waals surface area contributed by atoms with Crippen LogP contribution in [0.2, 0.25) is 0 Å². The quantitative estimate of drug-likeness (QED) is 0.629. The normalized spacial score (nSPS) is 17.4. The van der Waals surface area contributed by atoms with Crippen molar-refractivity contribution in [2.75, 3.05) is 19.8 Å². The van der Waals surface area contributed by atoms with Gasteiger partial charge in [-0.1, -0.05) is 6.07 Å². The number of benzene rings is 1. The van der Waals surface area contributed by atoms with Gasteiger partial charge in [0, 0.05) is 18.2 Å². The first-order valence-electron chi connectivity index (χ1n) is 5.82. The molecule has 1 heterocycles. The predicted octanol–water partition coefficient (Wildman–Crippen LogP) is 0.680. The molecule has 0 aromatic heterocycles. The maximum Gasteiger partial charge on any atom is 0.338 e. The van der Waals surface area contributed by atoms with Crippen molar-refractivity contribution < 1.29 is 19.4 Å². The van der Waals surface area contributed by atoms with E-state index in [1.54, 1.807) is 23.1 Å². The van der Waals surface area contributed by atoms with Crippen molar-refractivity contribution in [3.63, 3.8) is 0 Å². The van der Waals surface area contributed by atoms with Crippen molar-refractivity contribution in [3.05, 3.63) is 35.4 Å². The minimum atomic E-state index is -0.530. The molecule has 1 N–H and O–H groups in total. The molecule has 1 aromatic carbocycles. The molecule has 1 amide bonds. The predicted molar refractivity (Wildman–Crippen MR) is 64.3 cm³/mol. The minimum Gasteiger partial charge on any atom is -0.460 e. The zero-order valence-corrected chi connectivity index (χ0v) is 10.1. The topological polar surface area (TPSA) is 66.6 Å². The number of esters is 1. The summed E-state index contributed by atoms with van der Waals surface area (Å²) in [5.74, 6) is -0.600. The summed E-state index contributed by atoms with van der Waals surface area (Å²) in [6.07, 6.45) is 0. The fourth-order valence-corrected chi connectivity index (χ4v) is 1.69. The van der Waals surface area contributed by atoms with E-state index >= 15 is 0 Å². The molecule has 0 saturated carbocycles. The van der Waals surface area contributed by atoms with Gasteiger partial charge in [-0.05, 0) is 25.1 Å². The Morgan fingerprint density at radius 1 is 1.44 bits per heavy atom. The van der Waals surface area contributed by atoms with Crippen molar-refractivity contribution in [2.24, 2.45) is 0 Å². The van der Waals surface area contributed by atoms with Crippen LogP contribution in [0.15, 0.2) is 24.3 Å². The van der Waals surface area contributed by atoms with Crippen molar-refractivity contribution >= 4 is 11.9 Å². The fourth-order valence-electron chi connectivity index (χ4n) is 1.69. The zero-order valence-electron chi connectivity index (χ0n) is 10.1. The maximum absolute atomic E-state index is 11.9. The summed E-state index contributed by atoms with van der Waals surface area (Å²) < 4.78 is 4.80. The van der Waals surface area contributed by atoms with Gasteiger partial charge in [0.25, 0.3) is 5.91 Å². The molecular formula is C13H15NO4. The fraction of sp³-hybridized carbons (Fsp3) is 0.385. The van der Waals surface area contributed by atoms with E-state index < -0.39 is 5.97 Å². The number of nitrogens with zero attached hydrogens (tertiary/aromatic N) is 1. The highest BCUT2D eigenvalue weighted by molar-refractivity contribution is 5.99. The van der Waals surface area contributed by atoms with Crippen LogP contribution in [-0.2, 0) is 4.74 Å². The number of carbonyl (C=O) groups is 2. The average Bonchev–Trinajstić information content (AvgIpc) is 3.12. The third kappa shape index (κ3) is 2.68. The molecule has 96 valence electrons. The molecule has 0 spiro atoms. The Kier molecular flexibility index (Phi) is 3.62. The van der Waals surface area contributed by atoms with E-state index in [1.165, 1.54) is 6.07 Å². The lowest BCUT2D eigenvalue weighted by atomic mass is 10.1. The number of rotatable bonds is 4. The van der Waals surface area contributed by atoms with E-state index in [-0.39, 0.29) is 25.2 Å². The van der Waals surface area contributed by atoms with Gasteiger partial charge in [-0.25, -0.2) is 4.79 Å². The first-order chi connectivity index (χ1) is 8.63. The number of hydrogen-bond donors (Lipinski definition) is 1. The third-order valence-electron chi connectivity index (χ3n) is 2.79. The van der Waals surface area contributed by atoms with Gasteiger partial charge >= 0.3 is 5.97 Å². The van der Waals surface area contributed by atoms with Gasteiger partial charge in [-0.3, -0.25) is 4.79 Å². The van der Waals surface area contributed by atoms with E-state index in [9.17, 15) is 9.59 Å². The lowest BCUT2D eigenvalue weighted by molar-refractivity contribution is 0.0433. The van der Waals surface area contributed by atoms with E-state index in [0.29, 0.717) is 11.1 Å². The monoisotopic (exact) mass is 249 g/mol. The lowest BCUT2D eigenvalue weighted by Crippen LogP contribution is -2.14. The average molecular weight is 249 g/mol. The van der Waals surface area contributed by atoms with Gasteiger partial charge in [0.05, 0.1) is 12.2 Å². The summed E-state index contributed by atoms with van der Waals surface area (Å²) in [7, 11) is 0. The molecule has 1 saturated heterocycles. The SMILES string of the molecule is CC1CN1C(=O)c1cccc(C(=O)OCCO)c1. The molecule has 0 bridgehead atoms. The molecule has 5 nitrogen and oxygen atoms in total. The molecule has 1 fully saturated rings. The van der Waals surface area contributed by atoms with Crippen LogP contribution in [0.5, 0.6) is 0 Å². The highest BCUT2D eigenvalue weighted by Gasteiger charge is 2.34. The van der Waals surface area contributed by atoms with Crippen molar-refractivity contribution in [1.82, 2.24) is 4.90 Å². The first-order valence-corrected chi connectivity index (χ1v) is 5.82. The molecule has 1 unspecified atom stereocenters. The molecule has 2 rings (SSSR count). The number of aliphatic hydroxyl groups is 1. The Morgan fingerprint density at radius 3 is 2.72 bits per heavy atom. The van der Waals surface area contributed by atoms with Gasteiger partial charge in [0.15, 0.2) is 0 Å². The van der Waals surface area contributed by atoms with Crippen LogP contribution < -0.4 is 0 Å². The van der Waals surface area contributed by atoms with Crippen LogP contribution in [0.1, 0.15) is 27.6 Å². The maximum atomic E-state index is 11.9. The Balaban J connectivity index is 2.09. The van der Waals surface area contributed by atoms with Crippen LogP contribution >= 0.6 is 0 Å². The van der Waals surface area contributed by atoms with Crippen LogP contribution in [0.3, 0.4) is 0 Å². The third-order valence-corrected chi connectivity index (χ3v) is 2.79. The Hall–Kier alpha value is -1.88. The standard InChI is InChI=1S/C13H15NO4/c1-9-8-14(9)12(16)10-3-2-4-11(7-10)13(17)18-6-5-15/h2-4,7,9,15H,5-6,8H2,1H3. The molecule has 1 atom stereocenters. The van der Waals surface area contributed by atoms with Crippen LogP contribution in [0.4, 0.5) is 0 Å². The molecule has 0 radical (unpaired) electrons. The van der Waals surface area contributed by atoms with Crippen molar-refractivity contribution in [3.8, 4) is 0 Å². The number of aliphatic hydroxyl groups excluding tert-OH is 1. The van der Waals surface area contributed by atoms with Crippen molar-refractivity contribution in [1.29, 1.82) is 0 Å². The Bertz CT molecular complexity index is 472. The summed E-state index contributed by atoms with van der Waals surface area (Å²) >= 11 is 0. The molecule has 18 heavy (non-hydrogen) atoms. The van der Waals surface area contributed by atoms with Crippen molar-refractivity contribution in [2.45, 2.75) is 13.0 Å². The van der Waals surface area contributed by atoms with Crippen LogP contribution in [-0.4, -0.2) is 47.7 Å². The Morgan fingerprint density at radius 2 is 2.11 bits per heavy atom. The molecule has 1 aromatic rings. The van der Waals surface area contributed by atoms with E-state index in [1.807, 2.05) is 6.92 Å². The minimum absolute atomic E-state index is 0.0415. The second-order valence-electron chi connectivity index (χ2n) is 4.25. The van der Waals surface area contributed by atoms with Crippen LogP contribution in [0, 0.1) is 0 Å². The second kappa shape index (κ2) is 5.18. The highest BCUT2D eigenvalue weighted by atomic mass is 16.5. The lowest BCUT2D eigenvalue weighted by Gasteiger charge is -2.06. The van der Waals surface area contributed by atoms with E-state index in [2.05, 4.69) is 0 Å². The summed E-state index contributed by atoms with van der Waals surface area (Å²) in [5, 5.41) is 8.58. The van der Waals surface area contributed by atoms with E-state index in [0.717, 1.165) is 6.54 Å². The molecule has 1 aliphatic rings. The van der Waals surface area contributed by atoms with Gasteiger partial charge < -0.3 is 14.7 Å². The van der Waals surface area contributed by atoms with Gasteiger partial charge in [0.2, 0.25) is 0 Å². The number of amides is 1. The Labute approximate surface area is 105 Å². The van der Waals surface area contributed by atoms with Gasteiger partial charge in [0.1, 0.15) is 6.61 Å². The van der Waals surface area contributed by atoms with Crippen LogP contribution in [0.25, 0.3) is 0 Å². The molecular weight excluding hydrogens is 234 g/mol. The largest absolute Gasteiger partial charge is 0.460 e. The zero-order chi connectivity index (χ0) is 13.1. The first kappa shape index (κ1) is 12.6. The molecule has 5 heteroatoms. The summed E-state index contributed by atoms with van der Waals surface area (Å²) in [4.78, 5) is 25.2. The summed E-state index contributed by atoms with van der Waals surface area (Å²) in [6, 6.07) is 6.71. The summed E-state index contributed by atoms with van der Waals surface area (Å²) in [5.41, 5.74) is 0.807. The molecule has 1 aliphatic heterocycles.